The molecule has 3 nitrogen and oxygen atoms in total. The first kappa shape index (κ1) is 15.7. The summed E-state index contributed by atoms with van der Waals surface area (Å²) in [6, 6.07) is 11.6. The SMILES string of the molecule is O=C(O)c1ccc(Cl)c2c1[C@H]1C=CC[C@@H]1[C@@H](c1cccc(Br)c1)N2. The van der Waals surface area contributed by atoms with Crippen LogP contribution in [0.1, 0.15) is 39.9 Å². The molecular formula is C19H15BrClNO2. The second kappa shape index (κ2) is 5.94. The summed E-state index contributed by atoms with van der Waals surface area (Å²) in [6.45, 7) is 0. The Labute approximate surface area is 153 Å². The minimum atomic E-state index is -0.912. The molecule has 0 saturated heterocycles. The van der Waals surface area contributed by atoms with Crippen molar-refractivity contribution in [2.24, 2.45) is 5.92 Å². The van der Waals surface area contributed by atoms with Gasteiger partial charge < -0.3 is 10.4 Å². The Morgan fingerprint density at radius 1 is 1.29 bits per heavy atom. The third kappa shape index (κ3) is 2.45. The Kier molecular flexibility index (Phi) is 3.89. The van der Waals surface area contributed by atoms with E-state index in [1.807, 2.05) is 12.1 Å². The number of nitrogens with one attached hydrogen (secondary N) is 1. The minimum Gasteiger partial charge on any atom is -0.478 e. The number of rotatable bonds is 2. The van der Waals surface area contributed by atoms with Gasteiger partial charge in [-0.1, -0.05) is 51.8 Å². The Morgan fingerprint density at radius 2 is 2.12 bits per heavy atom. The van der Waals surface area contributed by atoms with Crippen LogP contribution >= 0.6 is 27.5 Å². The summed E-state index contributed by atoms with van der Waals surface area (Å²) in [5, 5.41) is 13.7. The van der Waals surface area contributed by atoms with Crippen molar-refractivity contribution in [2.75, 3.05) is 5.32 Å². The van der Waals surface area contributed by atoms with E-state index in [0.717, 1.165) is 22.1 Å². The molecule has 0 saturated carbocycles. The van der Waals surface area contributed by atoms with Crippen molar-refractivity contribution in [2.45, 2.75) is 18.4 Å². The topological polar surface area (TPSA) is 49.3 Å². The zero-order chi connectivity index (χ0) is 16.8. The van der Waals surface area contributed by atoms with Crippen molar-refractivity contribution in [3.63, 3.8) is 0 Å². The van der Waals surface area contributed by atoms with E-state index in [-0.39, 0.29) is 17.9 Å². The molecule has 24 heavy (non-hydrogen) atoms. The number of hydrogen-bond donors (Lipinski definition) is 2. The molecule has 0 fully saturated rings. The molecule has 2 aromatic carbocycles. The maximum atomic E-state index is 11.7. The van der Waals surface area contributed by atoms with Crippen LogP contribution in [0.15, 0.2) is 53.0 Å². The molecule has 0 amide bonds. The molecule has 1 heterocycles. The van der Waals surface area contributed by atoms with Crippen LogP contribution in [0.5, 0.6) is 0 Å². The molecule has 2 N–H and O–H groups in total. The molecule has 1 aliphatic heterocycles. The van der Waals surface area contributed by atoms with Crippen LogP contribution in [0.4, 0.5) is 5.69 Å². The number of carbonyl (C=O) groups is 1. The summed E-state index contributed by atoms with van der Waals surface area (Å²) in [6.07, 6.45) is 5.18. The maximum Gasteiger partial charge on any atom is 0.336 e. The maximum absolute atomic E-state index is 11.7. The summed E-state index contributed by atoms with van der Waals surface area (Å²) >= 11 is 9.94. The minimum absolute atomic E-state index is 0.0648. The molecule has 0 spiro atoms. The third-order valence-corrected chi connectivity index (χ3v) is 5.72. The number of anilines is 1. The van der Waals surface area contributed by atoms with E-state index in [1.165, 1.54) is 5.56 Å². The van der Waals surface area contributed by atoms with Crippen molar-refractivity contribution in [1.82, 2.24) is 0 Å². The Morgan fingerprint density at radius 3 is 2.88 bits per heavy atom. The van der Waals surface area contributed by atoms with Crippen LogP contribution in [0.3, 0.4) is 0 Å². The average molecular weight is 405 g/mol. The number of aromatic carboxylic acids is 1. The molecule has 2 aromatic rings. The van der Waals surface area contributed by atoms with Crippen LogP contribution in [-0.2, 0) is 0 Å². The van der Waals surface area contributed by atoms with Gasteiger partial charge in [-0.3, -0.25) is 0 Å². The third-order valence-electron chi connectivity index (χ3n) is 4.91. The molecule has 0 bridgehead atoms. The number of allylic oxidation sites excluding steroid dienone is 2. The van der Waals surface area contributed by atoms with Gasteiger partial charge in [0.2, 0.25) is 0 Å². The van der Waals surface area contributed by atoms with Gasteiger partial charge in [-0.25, -0.2) is 4.79 Å². The number of carboxylic acid groups (broad SMARTS) is 1. The molecule has 4 rings (SSSR count). The molecule has 0 radical (unpaired) electrons. The standard InChI is InChI=1S/C19H15BrClNO2/c20-11-4-1-3-10(9-11)17-13-6-2-5-12(13)16-14(19(23)24)7-8-15(21)18(16)22-17/h1-5,7-9,12-13,17,22H,6H2,(H,23,24)/t12-,13-,17+/m0/s1. The van der Waals surface area contributed by atoms with Gasteiger partial charge in [0.1, 0.15) is 0 Å². The van der Waals surface area contributed by atoms with Gasteiger partial charge in [0.15, 0.2) is 0 Å². The van der Waals surface area contributed by atoms with Gasteiger partial charge in [-0.05, 0) is 47.7 Å². The molecule has 0 aromatic heterocycles. The Balaban J connectivity index is 1.88. The quantitative estimate of drug-likeness (QED) is 0.638. The van der Waals surface area contributed by atoms with Crippen LogP contribution < -0.4 is 5.32 Å². The van der Waals surface area contributed by atoms with Crippen molar-refractivity contribution in [1.29, 1.82) is 0 Å². The predicted octanol–water partition coefficient (Wildman–Crippen LogP) is 5.63. The van der Waals surface area contributed by atoms with E-state index in [4.69, 9.17) is 11.6 Å². The number of hydrogen-bond acceptors (Lipinski definition) is 2. The highest BCUT2D eigenvalue weighted by atomic mass is 79.9. The lowest BCUT2D eigenvalue weighted by Gasteiger charge is -2.38. The summed E-state index contributed by atoms with van der Waals surface area (Å²) in [5.74, 6) is -0.567. The molecule has 2 aliphatic rings. The van der Waals surface area contributed by atoms with E-state index in [2.05, 4.69) is 45.5 Å². The van der Waals surface area contributed by atoms with Gasteiger partial charge in [-0.15, -0.1) is 0 Å². The largest absolute Gasteiger partial charge is 0.478 e. The summed E-state index contributed by atoms with van der Waals surface area (Å²) in [7, 11) is 0. The average Bonchev–Trinajstić information content (AvgIpc) is 3.04. The monoisotopic (exact) mass is 403 g/mol. The van der Waals surface area contributed by atoms with E-state index in [9.17, 15) is 9.90 Å². The lowest BCUT2D eigenvalue weighted by molar-refractivity contribution is 0.0695. The normalized spacial score (nSPS) is 24.2. The first-order chi connectivity index (χ1) is 11.6. The molecule has 0 unspecified atom stereocenters. The highest BCUT2D eigenvalue weighted by molar-refractivity contribution is 9.10. The van der Waals surface area contributed by atoms with Crippen molar-refractivity contribution in [3.05, 3.63) is 74.7 Å². The fourth-order valence-corrected chi connectivity index (χ4v) is 4.53. The first-order valence-corrected chi connectivity index (χ1v) is 8.97. The Bertz CT molecular complexity index is 864. The van der Waals surface area contributed by atoms with Crippen molar-refractivity contribution in [3.8, 4) is 0 Å². The lowest BCUT2D eigenvalue weighted by Crippen LogP contribution is -2.30. The van der Waals surface area contributed by atoms with Crippen molar-refractivity contribution >= 4 is 39.2 Å². The van der Waals surface area contributed by atoms with Crippen LogP contribution in [0.25, 0.3) is 0 Å². The van der Waals surface area contributed by atoms with Crippen molar-refractivity contribution < 1.29 is 9.90 Å². The van der Waals surface area contributed by atoms with E-state index in [0.29, 0.717) is 10.6 Å². The number of carboxylic acids is 1. The molecule has 122 valence electrons. The van der Waals surface area contributed by atoms with Gasteiger partial charge in [0.25, 0.3) is 0 Å². The fourth-order valence-electron chi connectivity index (χ4n) is 3.89. The first-order valence-electron chi connectivity index (χ1n) is 7.80. The van der Waals surface area contributed by atoms with E-state index >= 15 is 0 Å². The lowest BCUT2D eigenvalue weighted by atomic mass is 9.75. The zero-order valence-corrected chi connectivity index (χ0v) is 15.0. The summed E-state index contributed by atoms with van der Waals surface area (Å²) in [5.41, 5.74) is 3.05. The molecule has 5 heteroatoms. The van der Waals surface area contributed by atoms with Crippen LogP contribution in [0, 0.1) is 5.92 Å². The van der Waals surface area contributed by atoms with E-state index < -0.39 is 5.97 Å². The van der Waals surface area contributed by atoms with Gasteiger partial charge in [-0.2, -0.15) is 0 Å². The smallest absolute Gasteiger partial charge is 0.336 e. The highest BCUT2D eigenvalue weighted by Crippen LogP contribution is 2.52. The van der Waals surface area contributed by atoms with Crippen LogP contribution in [-0.4, -0.2) is 11.1 Å². The summed E-state index contributed by atoms with van der Waals surface area (Å²) in [4.78, 5) is 11.7. The van der Waals surface area contributed by atoms with E-state index in [1.54, 1.807) is 12.1 Å². The number of fused-ring (bicyclic) bond motifs is 3. The van der Waals surface area contributed by atoms with Gasteiger partial charge >= 0.3 is 5.97 Å². The second-order valence-electron chi connectivity index (χ2n) is 6.22. The van der Waals surface area contributed by atoms with Gasteiger partial charge in [0.05, 0.1) is 22.3 Å². The van der Waals surface area contributed by atoms with Crippen LogP contribution in [0.2, 0.25) is 5.02 Å². The molecule has 1 aliphatic carbocycles. The number of halogens is 2. The predicted molar refractivity (Wildman–Crippen MR) is 98.9 cm³/mol. The Hall–Kier alpha value is -1.78. The number of benzene rings is 2. The second-order valence-corrected chi connectivity index (χ2v) is 7.54. The van der Waals surface area contributed by atoms with Gasteiger partial charge in [0, 0.05) is 10.4 Å². The highest BCUT2D eigenvalue weighted by Gasteiger charge is 2.40. The molecular weight excluding hydrogens is 390 g/mol. The summed E-state index contributed by atoms with van der Waals surface area (Å²) < 4.78 is 1.03. The molecule has 3 atom stereocenters. The zero-order valence-electron chi connectivity index (χ0n) is 12.7. The fraction of sp³-hybridized carbons (Fsp3) is 0.211.